The van der Waals surface area contributed by atoms with E-state index in [9.17, 15) is 4.79 Å². The molecule has 21 heavy (non-hydrogen) atoms. The molecular weight excluding hydrogens is 304 g/mol. The van der Waals surface area contributed by atoms with Crippen molar-refractivity contribution in [3.8, 4) is 0 Å². The Morgan fingerprint density at radius 3 is 2.95 bits per heavy atom. The molecule has 1 N–H and O–H groups in total. The van der Waals surface area contributed by atoms with Crippen molar-refractivity contribution in [1.82, 2.24) is 10.2 Å². The molecule has 1 saturated heterocycles. The zero-order valence-electron chi connectivity index (χ0n) is 12.4. The molecule has 1 aromatic heterocycles. The maximum absolute atomic E-state index is 12.9. The Bertz CT molecular complexity index is 538. The van der Waals surface area contributed by atoms with Crippen LogP contribution in [0, 0.1) is 11.3 Å². The van der Waals surface area contributed by atoms with Crippen molar-refractivity contribution >= 4 is 29.7 Å². The number of fused-ring (bicyclic) bond motifs is 1. The lowest BCUT2D eigenvalue weighted by atomic mass is 9.91. The van der Waals surface area contributed by atoms with Gasteiger partial charge in [0, 0.05) is 17.3 Å². The van der Waals surface area contributed by atoms with E-state index >= 15 is 0 Å². The SMILES string of the molecule is CC1c2ccsc2CCN1C(=O)C1CC12CCNCC2.Cl. The number of nitrogens with zero attached hydrogens (tertiary/aromatic N) is 1. The topological polar surface area (TPSA) is 32.3 Å². The van der Waals surface area contributed by atoms with Crippen LogP contribution < -0.4 is 5.32 Å². The van der Waals surface area contributed by atoms with Gasteiger partial charge in [-0.05, 0) is 68.1 Å². The number of amides is 1. The Morgan fingerprint density at radius 1 is 1.43 bits per heavy atom. The Labute approximate surface area is 136 Å². The molecule has 1 saturated carbocycles. The van der Waals surface area contributed by atoms with E-state index in [0.717, 1.165) is 32.5 Å². The number of nitrogens with one attached hydrogen (secondary N) is 1. The standard InChI is InChI=1S/C16H22N2OS.ClH/c1-11-12-3-9-20-14(12)2-8-18(11)15(19)13-10-16(13)4-6-17-7-5-16;/h3,9,11,13,17H,2,4-8,10H2,1H3;1H. The first kappa shape index (κ1) is 15.3. The monoisotopic (exact) mass is 326 g/mol. The highest BCUT2D eigenvalue weighted by Gasteiger charge is 2.59. The fraction of sp³-hybridized carbons (Fsp3) is 0.688. The highest BCUT2D eigenvalue weighted by Crippen LogP contribution is 2.59. The second-order valence-corrected chi connectivity index (χ2v) is 7.63. The fourth-order valence-electron chi connectivity index (χ4n) is 4.18. The molecule has 3 heterocycles. The number of hydrogen-bond donors (Lipinski definition) is 1. The summed E-state index contributed by atoms with van der Waals surface area (Å²) in [5, 5.41) is 5.58. The third-order valence-corrected chi connectivity index (χ3v) is 6.64. The Morgan fingerprint density at radius 2 is 2.19 bits per heavy atom. The predicted molar refractivity (Wildman–Crippen MR) is 88.0 cm³/mol. The summed E-state index contributed by atoms with van der Waals surface area (Å²) in [5.41, 5.74) is 1.74. The van der Waals surface area contributed by atoms with Gasteiger partial charge in [0.2, 0.25) is 5.91 Å². The van der Waals surface area contributed by atoms with Crippen LogP contribution in [-0.4, -0.2) is 30.4 Å². The summed E-state index contributed by atoms with van der Waals surface area (Å²) in [6, 6.07) is 2.48. The van der Waals surface area contributed by atoms with Gasteiger partial charge in [-0.1, -0.05) is 0 Å². The lowest BCUT2D eigenvalue weighted by Gasteiger charge is -2.35. The van der Waals surface area contributed by atoms with E-state index in [-0.39, 0.29) is 18.4 Å². The highest BCUT2D eigenvalue weighted by molar-refractivity contribution is 7.10. The number of hydrogen-bond acceptors (Lipinski definition) is 3. The van der Waals surface area contributed by atoms with Crippen LogP contribution in [0.3, 0.4) is 0 Å². The molecule has 2 fully saturated rings. The minimum absolute atomic E-state index is 0. The van der Waals surface area contributed by atoms with Crippen molar-refractivity contribution in [3.05, 3.63) is 21.9 Å². The average molecular weight is 327 g/mol. The van der Waals surface area contributed by atoms with Gasteiger partial charge in [0.25, 0.3) is 0 Å². The number of rotatable bonds is 1. The summed E-state index contributed by atoms with van der Waals surface area (Å²) in [6.45, 7) is 5.29. The third kappa shape index (κ3) is 2.41. The highest BCUT2D eigenvalue weighted by atomic mass is 35.5. The molecule has 0 radical (unpaired) electrons. The van der Waals surface area contributed by atoms with Crippen LogP contribution in [0.4, 0.5) is 0 Å². The van der Waals surface area contributed by atoms with Crippen LogP contribution in [0.1, 0.15) is 42.7 Å². The van der Waals surface area contributed by atoms with Crippen molar-refractivity contribution in [2.45, 2.75) is 38.6 Å². The van der Waals surface area contributed by atoms with Gasteiger partial charge in [0.05, 0.1) is 6.04 Å². The molecule has 116 valence electrons. The van der Waals surface area contributed by atoms with Gasteiger partial charge in [-0.2, -0.15) is 0 Å². The molecule has 0 bridgehead atoms. The molecule has 2 atom stereocenters. The minimum Gasteiger partial charge on any atom is -0.335 e. The summed E-state index contributed by atoms with van der Waals surface area (Å²) >= 11 is 1.84. The maximum Gasteiger partial charge on any atom is 0.226 e. The molecular formula is C16H23ClN2OS. The summed E-state index contributed by atoms with van der Waals surface area (Å²) < 4.78 is 0. The molecule has 1 aromatic rings. The second-order valence-electron chi connectivity index (χ2n) is 6.63. The van der Waals surface area contributed by atoms with Gasteiger partial charge in [0.1, 0.15) is 0 Å². The molecule has 3 aliphatic rings. The summed E-state index contributed by atoms with van der Waals surface area (Å²) in [4.78, 5) is 16.5. The van der Waals surface area contributed by atoms with Crippen LogP contribution in [-0.2, 0) is 11.2 Å². The molecule has 4 rings (SSSR count). The van der Waals surface area contributed by atoms with Gasteiger partial charge in [0.15, 0.2) is 0 Å². The Hall–Kier alpha value is -0.580. The van der Waals surface area contributed by atoms with Crippen LogP contribution >= 0.6 is 23.7 Å². The quantitative estimate of drug-likeness (QED) is 0.860. The average Bonchev–Trinajstić information content (AvgIpc) is 2.94. The second kappa shape index (κ2) is 5.56. The predicted octanol–water partition coefficient (Wildman–Crippen LogP) is 3.01. The molecule has 3 nitrogen and oxygen atoms in total. The molecule has 1 amide bonds. The Kier molecular flexibility index (Phi) is 4.06. The van der Waals surface area contributed by atoms with E-state index in [0.29, 0.717) is 17.2 Å². The van der Waals surface area contributed by atoms with Crippen molar-refractivity contribution in [2.24, 2.45) is 11.3 Å². The normalized spacial score (nSPS) is 29.7. The van der Waals surface area contributed by atoms with E-state index in [4.69, 9.17) is 0 Å². The van der Waals surface area contributed by atoms with Crippen molar-refractivity contribution in [2.75, 3.05) is 19.6 Å². The summed E-state index contributed by atoms with van der Waals surface area (Å²) in [5.74, 6) is 0.739. The molecule has 5 heteroatoms. The van der Waals surface area contributed by atoms with E-state index in [1.807, 2.05) is 11.3 Å². The summed E-state index contributed by atoms with van der Waals surface area (Å²) in [6.07, 6.45) is 4.56. The lowest BCUT2D eigenvalue weighted by molar-refractivity contribution is -0.136. The van der Waals surface area contributed by atoms with E-state index in [1.54, 1.807) is 0 Å². The van der Waals surface area contributed by atoms with E-state index < -0.39 is 0 Å². The number of halogens is 1. The van der Waals surface area contributed by atoms with Gasteiger partial charge in [-0.25, -0.2) is 0 Å². The van der Waals surface area contributed by atoms with Gasteiger partial charge < -0.3 is 10.2 Å². The minimum atomic E-state index is 0. The van der Waals surface area contributed by atoms with Crippen LogP contribution in [0.25, 0.3) is 0 Å². The number of carbonyl (C=O) groups excluding carboxylic acids is 1. The molecule has 1 spiro atoms. The maximum atomic E-state index is 12.9. The van der Waals surface area contributed by atoms with Crippen LogP contribution in [0.2, 0.25) is 0 Å². The largest absolute Gasteiger partial charge is 0.335 e. The molecule has 0 aromatic carbocycles. The van der Waals surface area contributed by atoms with Crippen LogP contribution in [0.5, 0.6) is 0 Å². The van der Waals surface area contributed by atoms with Gasteiger partial charge >= 0.3 is 0 Å². The van der Waals surface area contributed by atoms with Gasteiger partial charge in [-0.3, -0.25) is 4.79 Å². The van der Waals surface area contributed by atoms with Crippen molar-refractivity contribution in [3.63, 3.8) is 0 Å². The zero-order chi connectivity index (χ0) is 13.7. The number of carbonyl (C=O) groups is 1. The van der Waals surface area contributed by atoms with E-state index in [2.05, 4.69) is 28.6 Å². The molecule has 2 aliphatic heterocycles. The first-order valence-electron chi connectivity index (χ1n) is 7.79. The summed E-state index contributed by atoms with van der Waals surface area (Å²) in [7, 11) is 0. The zero-order valence-corrected chi connectivity index (χ0v) is 14.1. The Balaban J connectivity index is 0.00000132. The smallest absolute Gasteiger partial charge is 0.226 e. The molecule has 2 unspecified atom stereocenters. The lowest BCUT2D eigenvalue weighted by Crippen LogP contribution is -2.41. The van der Waals surface area contributed by atoms with Gasteiger partial charge in [-0.15, -0.1) is 23.7 Å². The molecule has 1 aliphatic carbocycles. The fourth-order valence-corrected chi connectivity index (χ4v) is 5.15. The third-order valence-electron chi connectivity index (χ3n) is 5.65. The first-order valence-corrected chi connectivity index (χ1v) is 8.67. The van der Waals surface area contributed by atoms with E-state index in [1.165, 1.54) is 23.3 Å². The number of thiophene rings is 1. The number of piperidine rings is 1. The van der Waals surface area contributed by atoms with Crippen molar-refractivity contribution < 1.29 is 4.79 Å². The van der Waals surface area contributed by atoms with Crippen LogP contribution in [0.15, 0.2) is 11.4 Å². The van der Waals surface area contributed by atoms with Crippen molar-refractivity contribution in [1.29, 1.82) is 0 Å². The first-order chi connectivity index (χ1) is 9.71.